The van der Waals surface area contributed by atoms with Crippen LogP contribution in [0.3, 0.4) is 0 Å². The number of likely N-dealkylation sites (N-methyl/N-ethyl adjacent to an activating group) is 1. The van der Waals surface area contributed by atoms with Gasteiger partial charge in [-0.1, -0.05) is 0 Å². The first kappa shape index (κ1) is 14.5. The Kier molecular flexibility index (Phi) is 4.87. The number of hydrogen-bond acceptors (Lipinski definition) is 4. The number of rotatable bonds is 6. The van der Waals surface area contributed by atoms with Crippen LogP contribution in [0.1, 0.15) is 10.4 Å². The molecule has 0 aliphatic rings. The van der Waals surface area contributed by atoms with Gasteiger partial charge < -0.3 is 20.5 Å². The molecule has 0 aliphatic heterocycles. The van der Waals surface area contributed by atoms with Gasteiger partial charge in [-0.25, -0.2) is 0 Å². The molecule has 1 aromatic carbocycles. The number of aliphatic carboxylic acids is 1. The minimum absolute atomic E-state index is 0.244. The van der Waals surface area contributed by atoms with E-state index in [1.807, 2.05) is 0 Å². The minimum Gasteiger partial charge on any atom is -0.484 e. The van der Waals surface area contributed by atoms with Gasteiger partial charge in [0.1, 0.15) is 12.3 Å². The minimum atomic E-state index is -1.09. The van der Waals surface area contributed by atoms with Crippen molar-refractivity contribution < 1.29 is 24.2 Å². The monoisotopic (exact) mass is 266 g/mol. The van der Waals surface area contributed by atoms with Crippen molar-refractivity contribution in [1.29, 1.82) is 0 Å². The fourth-order valence-corrected chi connectivity index (χ4v) is 1.34. The number of nitrogens with two attached hydrogens (primary N) is 1. The van der Waals surface area contributed by atoms with Crippen molar-refractivity contribution in [3.05, 3.63) is 29.8 Å². The molecular formula is C12H14N2O5. The first-order valence-corrected chi connectivity index (χ1v) is 5.38. The summed E-state index contributed by atoms with van der Waals surface area (Å²) in [5, 5.41) is 8.59. The molecule has 7 heteroatoms. The zero-order valence-electron chi connectivity index (χ0n) is 10.3. The van der Waals surface area contributed by atoms with E-state index in [4.69, 9.17) is 15.6 Å². The first-order valence-electron chi connectivity index (χ1n) is 5.38. The van der Waals surface area contributed by atoms with E-state index in [-0.39, 0.29) is 13.2 Å². The van der Waals surface area contributed by atoms with E-state index in [1.165, 1.54) is 31.3 Å². The van der Waals surface area contributed by atoms with Crippen LogP contribution in [0.15, 0.2) is 24.3 Å². The lowest BCUT2D eigenvalue weighted by Gasteiger charge is -2.14. The van der Waals surface area contributed by atoms with Crippen molar-refractivity contribution in [3.8, 4) is 5.75 Å². The Labute approximate surface area is 109 Å². The molecule has 0 unspecified atom stereocenters. The Morgan fingerprint density at radius 3 is 2.32 bits per heavy atom. The van der Waals surface area contributed by atoms with Gasteiger partial charge in [-0.3, -0.25) is 14.4 Å². The summed E-state index contributed by atoms with van der Waals surface area (Å²) in [6.07, 6.45) is 0. The summed E-state index contributed by atoms with van der Waals surface area (Å²) in [7, 11) is 1.40. The topological polar surface area (TPSA) is 110 Å². The van der Waals surface area contributed by atoms with E-state index >= 15 is 0 Å². The maximum Gasteiger partial charge on any atom is 0.323 e. The number of primary amides is 1. The average Bonchev–Trinajstić information content (AvgIpc) is 2.35. The van der Waals surface area contributed by atoms with Crippen LogP contribution in [0.2, 0.25) is 0 Å². The number of nitrogens with zero attached hydrogens (tertiary/aromatic N) is 1. The molecule has 0 fully saturated rings. The van der Waals surface area contributed by atoms with Gasteiger partial charge in [0.05, 0.1) is 0 Å². The largest absolute Gasteiger partial charge is 0.484 e. The van der Waals surface area contributed by atoms with Crippen LogP contribution in [-0.4, -0.2) is 48.0 Å². The van der Waals surface area contributed by atoms with Gasteiger partial charge in [0.2, 0.25) is 0 Å². The summed E-state index contributed by atoms with van der Waals surface area (Å²) in [6.45, 7) is -0.620. The van der Waals surface area contributed by atoms with Crippen molar-refractivity contribution >= 4 is 17.8 Å². The second-order valence-corrected chi connectivity index (χ2v) is 3.83. The van der Waals surface area contributed by atoms with Gasteiger partial charge >= 0.3 is 5.97 Å². The zero-order valence-corrected chi connectivity index (χ0v) is 10.3. The van der Waals surface area contributed by atoms with Crippen LogP contribution >= 0.6 is 0 Å². The number of carboxylic acids is 1. The summed E-state index contributed by atoms with van der Waals surface area (Å²) in [5.74, 6) is -1.70. The summed E-state index contributed by atoms with van der Waals surface area (Å²) < 4.78 is 5.03. The summed E-state index contributed by atoms with van der Waals surface area (Å²) in [5.41, 5.74) is 5.25. The molecule has 0 bridgehead atoms. The molecule has 7 nitrogen and oxygen atoms in total. The Morgan fingerprint density at radius 1 is 1.26 bits per heavy atom. The lowest BCUT2D eigenvalue weighted by atomic mass is 10.2. The maximum atomic E-state index is 11.8. The second-order valence-electron chi connectivity index (χ2n) is 3.83. The molecule has 1 rings (SSSR count). The highest BCUT2D eigenvalue weighted by Crippen LogP contribution is 2.13. The van der Waals surface area contributed by atoms with Crippen molar-refractivity contribution in [3.63, 3.8) is 0 Å². The second kappa shape index (κ2) is 6.39. The quantitative estimate of drug-likeness (QED) is 0.735. The number of benzene rings is 1. The molecule has 19 heavy (non-hydrogen) atoms. The number of amides is 2. The van der Waals surface area contributed by atoms with Crippen LogP contribution < -0.4 is 10.5 Å². The molecule has 0 atom stereocenters. The van der Waals surface area contributed by atoms with Crippen molar-refractivity contribution in [2.45, 2.75) is 0 Å². The number of carbonyl (C=O) groups excluding carboxylic acids is 2. The summed E-state index contributed by atoms with van der Waals surface area (Å²) in [4.78, 5) is 33.9. The number of ether oxygens (including phenoxy) is 1. The fourth-order valence-electron chi connectivity index (χ4n) is 1.34. The van der Waals surface area contributed by atoms with Gasteiger partial charge in [-0.05, 0) is 24.3 Å². The molecule has 0 aliphatic carbocycles. The van der Waals surface area contributed by atoms with E-state index < -0.39 is 17.8 Å². The molecule has 0 saturated heterocycles. The highest BCUT2D eigenvalue weighted by atomic mass is 16.5. The molecule has 0 spiro atoms. The maximum absolute atomic E-state index is 11.8. The lowest BCUT2D eigenvalue weighted by Crippen LogP contribution is -2.31. The van der Waals surface area contributed by atoms with Crippen LogP contribution in [0.5, 0.6) is 5.75 Å². The van der Waals surface area contributed by atoms with Gasteiger partial charge in [0.25, 0.3) is 11.8 Å². The normalized spacial score (nSPS) is 9.74. The Morgan fingerprint density at radius 2 is 1.84 bits per heavy atom. The summed E-state index contributed by atoms with van der Waals surface area (Å²) >= 11 is 0. The Hall–Kier alpha value is -2.57. The zero-order chi connectivity index (χ0) is 14.4. The van der Waals surface area contributed by atoms with E-state index in [0.717, 1.165) is 4.90 Å². The fraction of sp³-hybridized carbons (Fsp3) is 0.250. The predicted octanol–water partition coefficient (Wildman–Crippen LogP) is -0.293. The number of carbonyl (C=O) groups is 3. The molecule has 2 amide bonds. The van der Waals surface area contributed by atoms with Gasteiger partial charge in [0.15, 0.2) is 6.61 Å². The van der Waals surface area contributed by atoms with Crippen molar-refractivity contribution in [2.24, 2.45) is 5.73 Å². The van der Waals surface area contributed by atoms with Crippen LogP contribution in [-0.2, 0) is 9.59 Å². The van der Waals surface area contributed by atoms with Crippen LogP contribution in [0.4, 0.5) is 0 Å². The molecule has 3 N–H and O–H groups in total. The van der Waals surface area contributed by atoms with E-state index in [0.29, 0.717) is 11.3 Å². The van der Waals surface area contributed by atoms with E-state index in [1.54, 1.807) is 0 Å². The smallest absolute Gasteiger partial charge is 0.323 e. The third-order valence-corrected chi connectivity index (χ3v) is 2.20. The molecule has 0 heterocycles. The van der Waals surface area contributed by atoms with E-state index in [9.17, 15) is 14.4 Å². The van der Waals surface area contributed by atoms with E-state index in [2.05, 4.69) is 0 Å². The molecule has 0 radical (unpaired) electrons. The third kappa shape index (κ3) is 4.66. The average molecular weight is 266 g/mol. The molecule has 102 valence electrons. The van der Waals surface area contributed by atoms with Gasteiger partial charge in [-0.15, -0.1) is 0 Å². The SMILES string of the molecule is CN(CC(=O)O)C(=O)c1ccc(OCC(N)=O)cc1. The Balaban J connectivity index is 2.67. The molecular weight excluding hydrogens is 252 g/mol. The Bertz CT molecular complexity index is 483. The van der Waals surface area contributed by atoms with Crippen LogP contribution in [0.25, 0.3) is 0 Å². The standard InChI is InChI=1S/C12H14N2O5/c1-14(6-11(16)17)12(18)8-2-4-9(5-3-8)19-7-10(13)15/h2-5H,6-7H2,1H3,(H2,13,15)(H,16,17). The van der Waals surface area contributed by atoms with Crippen molar-refractivity contribution in [2.75, 3.05) is 20.2 Å². The lowest BCUT2D eigenvalue weighted by molar-refractivity contribution is -0.137. The van der Waals surface area contributed by atoms with Crippen molar-refractivity contribution in [1.82, 2.24) is 4.90 Å². The highest BCUT2D eigenvalue weighted by Gasteiger charge is 2.14. The molecule has 0 saturated carbocycles. The first-order chi connectivity index (χ1) is 8.90. The van der Waals surface area contributed by atoms with Crippen LogP contribution in [0, 0.1) is 0 Å². The highest BCUT2D eigenvalue weighted by molar-refractivity contribution is 5.95. The van der Waals surface area contributed by atoms with Gasteiger partial charge in [0, 0.05) is 12.6 Å². The van der Waals surface area contributed by atoms with Gasteiger partial charge in [-0.2, -0.15) is 0 Å². The summed E-state index contributed by atoms with van der Waals surface area (Å²) in [6, 6.07) is 5.98. The molecule has 0 aromatic heterocycles. The predicted molar refractivity (Wildman–Crippen MR) is 65.7 cm³/mol. The number of hydrogen-bond donors (Lipinski definition) is 2. The number of carboxylic acid groups (broad SMARTS) is 1. The molecule has 1 aromatic rings. The third-order valence-electron chi connectivity index (χ3n) is 2.20.